The summed E-state index contributed by atoms with van der Waals surface area (Å²) in [6, 6.07) is 15.3. The maximum Gasteiger partial charge on any atom is -0.000753 e. The number of rotatable bonds is 5. The quantitative estimate of drug-likeness (QED) is 0.905. The lowest BCUT2D eigenvalue weighted by Crippen LogP contribution is -2.32. The minimum atomic E-state index is 0.470. The Kier molecular flexibility index (Phi) is 4.89. The summed E-state index contributed by atoms with van der Waals surface area (Å²) in [5, 5.41) is 2.69. The third kappa shape index (κ3) is 3.45. The van der Waals surface area contributed by atoms with Crippen LogP contribution in [-0.4, -0.2) is 31.1 Å². The molecule has 21 heavy (non-hydrogen) atoms. The average Bonchev–Trinajstić information content (AvgIpc) is 2.56. The molecule has 0 saturated carbocycles. The van der Waals surface area contributed by atoms with E-state index in [1.54, 1.807) is 0 Å². The van der Waals surface area contributed by atoms with Crippen molar-refractivity contribution in [3.63, 3.8) is 0 Å². The van der Waals surface area contributed by atoms with Gasteiger partial charge in [0.1, 0.15) is 0 Å². The van der Waals surface area contributed by atoms with Crippen LogP contribution in [0.25, 0.3) is 10.8 Å². The summed E-state index contributed by atoms with van der Waals surface area (Å²) in [5.41, 5.74) is 7.52. The fourth-order valence-corrected chi connectivity index (χ4v) is 3.53. The first-order chi connectivity index (χ1) is 10.4. The molecular weight excluding hydrogens is 256 g/mol. The lowest BCUT2D eigenvalue weighted by molar-refractivity contribution is 0.221. The lowest BCUT2D eigenvalue weighted by atomic mass is 9.90. The molecule has 0 aliphatic carbocycles. The van der Waals surface area contributed by atoms with Crippen molar-refractivity contribution in [2.45, 2.75) is 31.6 Å². The fourth-order valence-electron chi connectivity index (χ4n) is 3.53. The molecule has 1 fully saturated rings. The summed E-state index contributed by atoms with van der Waals surface area (Å²) in [6.07, 6.45) is 5.30. The van der Waals surface area contributed by atoms with Crippen molar-refractivity contribution in [2.24, 2.45) is 5.73 Å². The van der Waals surface area contributed by atoms with E-state index in [-0.39, 0.29) is 0 Å². The Labute approximate surface area is 127 Å². The number of nitrogens with two attached hydrogens (primary N) is 1. The zero-order valence-corrected chi connectivity index (χ0v) is 12.8. The summed E-state index contributed by atoms with van der Waals surface area (Å²) < 4.78 is 0. The maximum atomic E-state index is 6.09. The van der Waals surface area contributed by atoms with Gasteiger partial charge < -0.3 is 10.6 Å². The topological polar surface area (TPSA) is 29.3 Å². The summed E-state index contributed by atoms with van der Waals surface area (Å²) in [5.74, 6) is 0.470. The Hall–Kier alpha value is -1.38. The van der Waals surface area contributed by atoms with Gasteiger partial charge in [0, 0.05) is 0 Å². The molecule has 2 heteroatoms. The molecule has 0 radical (unpaired) electrons. The predicted octanol–water partition coefficient (Wildman–Crippen LogP) is 3.76. The van der Waals surface area contributed by atoms with Crippen molar-refractivity contribution < 1.29 is 0 Å². The first-order valence-electron chi connectivity index (χ1n) is 8.28. The van der Waals surface area contributed by atoms with Crippen LogP contribution in [0, 0.1) is 0 Å². The van der Waals surface area contributed by atoms with Crippen LogP contribution in [0.3, 0.4) is 0 Å². The molecular formula is C19H26N2. The van der Waals surface area contributed by atoms with E-state index in [2.05, 4.69) is 47.4 Å². The molecule has 0 aromatic heterocycles. The minimum Gasteiger partial charge on any atom is -0.330 e. The van der Waals surface area contributed by atoms with Gasteiger partial charge in [-0.1, -0.05) is 48.9 Å². The van der Waals surface area contributed by atoms with Gasteiger partial charge in [-0.3, -0.25) is 0 Å². The van der Waals surface area contributed by atoms with E-state index in [1.807, 2.05) is 0 Å². The molecule has 0 bridgehead atoms. The van der Waals surface area contributed by atoms with E-state index in [4.69, 9.17) is 5.73 Å². The molecule has 2 aromatic rings. The monoisotopic (exact) mass is 282 g/mol. The molecule has 112 valence electrons. The highest BCUT2D eigenvalue weighted by Gasteiger charge is 2.16. The second-order valence-electron chi connectivity index (χ2n) is 6.19. The Bertz CT molecular complexity index is 567. The normalized spacial score (nSPS) is 18.0. The van der Waals surface area contributed by atoms with Crippen LogP contribution < -0.4 is 5.73 Å². The number of fused-ring (bicyclic) bond motifs is 1. The van der Waals surface area contributed by atoms with Gasteiger partial charge in [-0.15, -0.1) is 0 Å². The van der Waals surface area contributed by atoms with Crippen LogP contribution in [0.4, 0.5) is 0 Å². The Morgan fingerprint density at radius 3 is 2.52 bits per heavy atom. The highest BCUT2D eigenvalue weighted by atomic mass is 15.1. The van der Waals surface area contributed by atoms with Gasteiger partial charge in [0.15, 0.2) is 0 Å². The van der Waals surface area contributed by atoms with Gasteiger partial charge in [-0.25, -0.2) is 0 Å². The Balaban J connectivity index is 1.75. The first kappa shape index (κ1) is 14.6. The molecule has 1 heterocycles. The molecule has 0 spiro atoms. The second-order valence-corrected chi connectivity index (χ2v) is 6.19. The van der Waals surface area contributed by atoms with Crippen LogP contribution in [0.15, 0.2) is 42.5 Å². The number of hydrogen-bond acceptors (Lipinski definition) is 2. The van der Waals surface area contributed by atoms with Crippen LogP contribution >= 0.6 is 0 Å². The van der Waals surface area contributed by atoms with Crippen molar-refractivity contribution in [1.82, 2.24) is 4.90 Å². The van der Waals surface area contributed by atoms with Gasteiger partial charge in [0.25, 0.3) is 0 Å². The van der Waals surface area contributed by atoms with Gasteiger partial charge in [0.2, 0.25) is 0 Å². The number of hydrogen-bond donors (Lipinski definition) is 1. The molecule has 1 saturated heterocycles. The van der Waals surface area contributed by atoms with Crippen molar-refractivity contribution in [3.05, 3.63) is 48.0 Å². The molecule has 1 atom stereocenters. The van der Waals surface area contributed by atoms with Gasteiger partial charge in [-0.05, 0) is 67.7 Å². The van der Waals surface area contributed by atoms with Gasteiger partial charge >= 0.3 is 0 Å². The fraction of sp³-hybridized carbons (Fsp3) is 0.474. The van der Waals surface area contributed by atoms with Gasteiger partial charge in [-0.2, -0.15) is 0 Å². The molecule has 0 unspecified atom stereocenters. The standard InChI is InChI=1S/C19H26N2/c20-15-17(11-14-21-12-4-1-5-13-21)19-10-6-8-16-7-2-3-9-18(16)19/h2-3,6-10,17H,1,4-5,11-15,20H2/t17-/m0/s1. The molecule has 1 aliphatic heterocycles. The first-order valence-corrected chi connectivity index (χ1v) is 8.28. The average molecular weight is 282 g/mol. The van der Waals surface area contributed by atoms with E-state index in [0.717, 1.165) is 6.54 Å². The van der Waals surface area contributed by atoms with Crippen LogP contribution in [0.5, 0.6) is 0 Å². The zero-order chi connectivity index (χ0) is 14.5. The van der Waals surface area contributed by atoms with E-state index in [0.29, 0.717) is 5.92 Å². The Morgan fingerprint density at radius 1 is 0.952 bits per heavy atom. The van der Waals surface area contributed by atoms with Crippen molar-refractivity contribution in [3.8, 4) is 0 Å². The number of likely N-dealkylation sites (tertiary alicyclic amines) is 1. The Morgan fingerprint density at radius 2 is 1.71 bits per heavy atom. The van der Waals surface area contributed by atoms with Crippen LogP contribution in [-0.2, 0) is 0 Å². The smallest absolute Gasteiger partial charge is 0.000753 e. The molecule has 2 nitrogen and oxygen atoms in total. The van der Waals surface area contributed by atoms with E-state index < -0.39 is 0 Å². The van der Waals surface area contributed by atoms with Crippen LogP contribution in [0.1, 0.15) is 37.2 Å². The van der Waals surface area contributed by atoms with Crippen LogP contribution in [0.2, 0.25) is 0 Å². The van der Waals surface area contributed by atoms with Gasteiger partial charge in [0.05, 0.1) is 0 Å². The van der Waals surface area contributed by atoms with E-state index in [9.17, 15) is 0 Å². The number of piperidine rings is 1. The highest BCUT2D eigenvalue weighted by molar-refractivity contribution is 5.86. The lowest BCUT2D eigenvalue weighted by Gasteiger charge is -2.28. The molecule has 1 aliphatic rings. The predicted molar refractivity (Wildman–Crippen MR) is 90.7 cm³/mol. The third-order valence-electron chi connectivity index (χ3n) is 4.79. The summed E-state index contributed by atoms with van der Waals surface area (Å²) in [7, 11) is 0. The molecule has 3 rings (SSSR count). The SMILES string of the molecule is NC[C@H](CCN1CCCCC1)c1cccc2ccccc12. The third-order valence-corrected chi connectivity index (χ3v) is 4.79. The van der Waals surface area contributed by atoms with E-state index in [1.165, 1.54) is 61.7 Å². The number of benzene rings is 2. The molecule has 2 aromatic carbocycles. The van der Waals surface area contributed by atoms with Crippen molar-refractivity contribution in [1.29, 1.82) is 0 Å². The van der Waals surface area contributed by atoms with Crippen molar-refractivity contribution in [2.75, 3.05) is 26.2 Å². The second kappa shape index (κ2) is 7.06. The summed E-state index contributed by atoms with van der Waals surface area (Å²) in [6.45, 7) is 4.46. The highest BCUT2D eigenvalue weighted by Crippen LogP contribution is 2.27. The zero-order valence-electron chi connectivity index (χ0n) is 12.8. The molecule has 2 N–H and O–H groups in total. The summed E-state index contributed by atoms with van der Waals surface area (Å²) >= 11 is 0. The van der Waals surface area contributed by atoms with E-state index >= 15 is 0 Å². The largest absolute Gasteiger partial charge is 0.330 e. The maximum absolute atomic E-state index is 6.09. The molecule has 0 amide bonds. The minimum absolute atomic E-state index is 0.470. The van der Waals surface area contributed by atoms with Crippen molar-refractivity contribution >= 4 is 10.8 Å². The number of nitrogens with zero attached hydrogens (tertiary/aromatic N) is 1. The summed E-state index contributed by atoms with van der Waals surface area (Å²) in [4.78, 5) is 2.61.